The summed E-state index contributed by atoms with van der Waals surface area (Å²) in [6.07, 6.45) is 2.99. The molecule has 1 amide bonds. The van der Waals surface area contributed by atoms with E-state index in [-0.39, 0.29) is 6.09 Å². The van der Waals surface area contributed by atoms with Gasteiger partial charge >= 0.3 is 6.09 Å². The molecule has 0 aromatic heterocycles. The van der Waals surface area contributed by atoms with Crippen LogP contribution in [0.1, 0.15) is 45.6 Å². The van der Waals surface area contributed by atoms with E-state index in [2.05, 4.69) is 16.7 Å². The summed E-state index contributed by atoms with van der Waals surface area (Å²) in [4.78, 5) is 11.8. The molecule has 1 fully saturated rings. The summed E-state index contributed by atoms with van der Waals surface area (Å²) in [5.74, 6) is 0.389. The lowest BCUT2D eigenvalue weighted by atomic mass is 10.0. The monoisotopic (exact) mass is 338 g/mol. The number of aryl methyl sites for hydroxylation is 1. The van der Waals surface area contributed by atoms with Gasteiger partial charge in [0, 0.05) is 12.6 Å². The molecule has 2 rings (SSSR count). The van der Waals surface area contributed by atoms with Gasteiger partial charge in [0.25, 0.3) is 0 Å². The molecule has 0 saturated heterocycles. The van der Waals surface area contributed by atoms with Crippen molar-refractivity contribution >= 4 is 23.4 Å². The maximum absolute atomic E-state index is 11.8. The van der Waals surface area contributed by atoms with E-state index in [1.807, 2.05) is 39.8 Å². The fourth-order valence-electron chi connectivity index (χ4n) is 2.94. The van der Waals surface area contributed by atoms with Crippen molar-refractivity contribution in [3.63, 3.8) is 0 Å². The molecule has 0 spiro atoms. The van der Waals surface area contributed by atoms with Crippen molar-refractivity contribution in [1.29, 1.82) is 0 Å². The van der Waals surface area contributed by atoms with Crippen molar-refractivity contribution in [2.45, 2.75) is 58.6 Å². The van der Waals surface area contributed by atoms with Crippen LogP contribution >= 0.6 is 11.6 Å². The smallest absolute Gasteiger partial charge is 0.407 e. The van der Waals surface area contributed by atoms with E-state index in [0.29, 0.717) is 18.5 Å². The summed E-state index contributed by atoms with van der Waals surface area (Å²) in [7, 11) is 0. The summed E-state index contributed by atoms with van der Waals surface area (Å²) >= 11 is 6.30. The van der Waals surface area contributed by atoms with E-state index in [4.69, 9.17) is 16.3 Å². The van der Waals surface area contributed by atoms with Gasteiger partial charge in [-0.2, -0.15) is 0 Å². The quantitative estimate of drug-likeness (QED) is 0.832. The fourth-order valence-corrected chi connectivity index (χ4v) is 3.23. The third-order valence-electron chi connectivity index (χ3n) is 4.03. The van der Waals surface area contributed by atoms with Crippen molar-refractivity contribution in [2.24, 2.45) is 5.92 Å². The first-order chi connectivity index (χ1) is 10.7. The van der Waals surface area contributed by atoms with Crippen LogP contribution in [0.3, 0.4) is 0 Å². The Kier molecular flexibility index (Phi) is 5.79. The Morgan fingerprint density at radius 2 is 2.09 bits per heavy atom. The number of alkyl carbamates (subject to hydrolysis) is 1. The normalized spacial score (nSPS) is 21.1. The van der Waals surface area contributed by atoms with Crippen LogP contribution in [-0.4, -0.2) is 24.3 Å². The molecular formula is C18H27ClN2O2. The molecular weight excluding hydrogens is 312 g/mol. The van der Waals surface area contributed by atoms with Crippen LogP contribution < -0.4 is 10.6 Å². The van der Waals surface area contributed by atoms with Crippen LogP contribution in [0.4, 0.5) is 10.5 Å². The molecule has 1 aromatic carbocycles. The van der Waals surface area contributed by atoms with E-state index >= 15 is 0 Å². The first-order valence-electron chi connectivity index (χ1n) is 8.24. The van der Waals surface area contributed by atoms with Gasteiger partial charge in [0.1, 0.15) is 5.60 Å². The van der Waals surface area contributed by atoms with Crippen molar-refractivity contribution in [2.75, 3.05) is 11.9 Å². The van der Waals surface area contributed by atoms with Gasteiger partial charge in [0.05, 0.1) is 10.7 Å². The molecule has 128 valence electrons. The lowest BCUT2D eigenvalue weighted by Crippen LogP contribution is -2.38. The number of hydrogen-bond acceptors (Lipinski definition) is 3. The minimum Gasteiger partial charge on any atom is -0.444 e. The third-order valence-corrected chi connectivity index (χ3v) is 4.34. The van der Waals surface area contributed by atoms with Crippen molar-refractivity contribution < 1.29 is 9.53 Å². The second kappa shape index (κ2) is 7.43. The number of benzene rings is 1. The molecule has 1 aliphatic rings. The Morgan fingerprint density at radius 3 is 2.74 bits per heavy atom. The van der Waals surface area contributed by atoms with Gasteiger partial charge in [-0.25, -0.2) is 4.79 Å². The zero-order valence-corrected chi connectivity index (χ0v) is 15.2. The van der Waals surface area contributed by atoms with Gasteiger partial charge in [-0.05, 0) is 64.2 Å². The Morgan fingerprint density at radius 1 is 1.35 bits per heavy atom. The van der Waals surface area contributed by atoms with Crippen LogP contribution in [0.15, 0.2) is 18.2 Å². The lowest BCUT2D eigenvalue weighted by Gasteiger charge is -2.24. The van der Waals surface area contributed by atoms with Crippen molar-refractivity contribution in [1.82, 2.24) is 5.32 Å². The molecule has 23 heavy (non-hydrogen) atoms. The summed E-state index contributed by atoms with van der Waals surface area (Å²) < 4.78 is 5.29. The van der Waals surface area contributed by atoms with Crippen LogP contribution in [0.25, 0.3) is 0 Å². The first-order valence-corrected chi connectivity index (χ1v) is 8.62. The van der Waals surface area contributed by atoms with Gasteiger partial charge < -0.3 is 15.4 Å². The molecule has 2 N–H and O–H groups in total. The van der Waals surface area contributed by atoms with Crippen LogP contribution in [0.5, 0.6) is 0 Å². The third kappa shape index (κ3) is 5.61. The van der Waals surface area contributed by atoms with E-state index in [1.165, 1.54) is 0 Å². The van der Waals surface area contributed by atoms with Crippen LogP contribution in [0.2, 0.25) is 5.02 Å². The number of carbonyl (C=O) groups excluding carboxylic acids is 1. The topological polar surface area (TPSA) is 50.4 Å². The summed E-state index contributed by atoms with van der Waals surface area (Å²) in [5, 5.41) is 7.17. The highest BCUT2D eigenvalue weighted by molar-refractivity contribution is 6.33. The zero-order valence-electron chi connectivity index (χ0n) is 14.4. The highest BCUT2D eigenvalue weighted by Gasteiger charge is 2.28. The average Bonchev–Trinajstić information content (AvgIpc) is 2.85. The number of carbonyl (C=O) groups is 1. The zero-order chi connectivity index (χ0) is 17.0. The second-order valence-corrected chi connectivity index (χ2v) is 7.72. The number of anilines is 1. The minimum atomic E-state index is -0.465. The predicted molar refractivity (Wildman–Crippen MR) is 95.2 cm³/mol. The maximum atomic E-state index is 11.8. The summed E-state index contributed by atoms with van der Waals surface area (Å²) in [6.45, 7) is 8.25. The highest BCUT2D eigenvalue weighted by atomic mass is 35.5. The maximum Gasteiger partial charge on any atom is 0.407 e. The predicted octanol–water partition coefficient (Wildman–Crippen LogP) is 4.75. The van der Waals surface area contributed by atoms with Crippen molar-refractivity contribution in [3.8, 4) is 0 Å². The minimum absolute atomic E-state index is 0.324. The highest BCUT2D eigenvalue weighted by Crippen LogP contribution is 2.31. The lowest BCUT2D eigenvalue weighted by molar-refractivity contribution is 0.0519. The first kappa shape index (κ1) is 17.9. The molecule has 5 heteroatoms. The average molecular weight is 339 g/mol. The number of nitrogens with one attached hydrogen (secondary N) is 2. The SMILES string of the molecule is Cc1ccc(NC2CCCC2CNC(=O)OC(C)(C)C)c(Cl)c1. The number of amides is 1. The molecule has 2 unspecified atom stereocenters. The Hall–Kier alpha value is -1.42. The van der Waals surface area contributed by atoms with E-state index < -0.39 is 5.60 Å². The molecule has 0 heterocycles. The number of halogens is 1. The molecule has 4 nitrogen and oxygen atoms in total. The molecule has 0 aliphatic heterocycles. The van der Waals surface area contributed by atoms with Crippen LogP contribution in [0, 0.1) is 12.8 Å². The molecule has 2 atom stereocenters. The van der Waals surface area contributed by atoms with Gasteiger partial charge in [-0.1, -0.05) is 24.1 Å². The fraction of sp³-hybridized carbons (Fsp3) is 0.611. The van der Waals surface area contributed by atoms with Crippen LogP contribution in [-0.2, 0) is 4.74 Å². The molecule has 1 aromatic rings. The Labute approximate surface area is 143 Å². The van der Waals surface area contributed by atoms with Gasteiger partial charge in [-0.15, -0.1) is 0 Å². The number of rotatable bonds is 4. The van der Waals surface area contributed by atoms with E-state index in [0.717, 1.165) is 35.5 Å². The van der Waals surface area contributed by atoms with Gasteiger partial charge in [-0.3, -0.25) is 0 Å². The van der Waals surface area contributed by atoms with E-state index in [9.17, 15) is 4.79 Å². The summed E-state index contributed by atoms with van der Waals surface area (Å²) in [5.41, 5.74) is 1.65. The Balaban J connectivity index is 1.89. The van der Waals surface area contributed by atoms with Gasteiger partial charge in [0.2, 0.25) is 0 Å². The second-order valence-electron chi connectivity index (χ2n) is 7.31. The van der Waals surface area contributed by atoms with Crippen molar-refractivity contribution in [3.05, 3.63) is 28.8 Å². The number of ether oxygens (including phenoxy) is 1. The van der Waals surface area contributed by atoms with E-state index in [1.54, 1.807) is 0 Å². The molecule has 0 bridgehead atoms. The molecule has 0 radical (unpaired) electrons. The largest absolute Gasteiger partial charge is 0.444 e. The standard InChI is InChI=1S/C18H27ClN2O2/c1-12-8-9-16(14(19)10-12)21-15-7-5-6-13(15)11-20-17(22)23-18(2,3)4/h8-10,13,15,21H,5-7,11H2,1-4H3,(H,20,22). The Bertz CT molecular complexity index is 554. The molecule has 1 aliphatic carbocycles. The van der Waals surface area contributed by atoms with Gasteiger partial charge in [0.15, 0.2) is 0 Å². The molecule has 1 saturated carbocycles. The summed E-state index contributed by atoms with van der Waals surface area (Å²) in [6, 6.07) is 6.36. The number of hydrogen-bond donors (Lipinski definition) is 2.